The summed E-state index contributed by atoms with van der Waals surface area (Å²) >= 11 is 9.26. The zero-order valence-corrected chi connectivity index (χ0v) is 28.4. The molecule has 0 bridgehead atoms. The molecule has 12 nitrogen and oxygen atoms in total. The lowest BCUT2D eigenvalue weighted by atomic mass is 9.95. The van der Waals surface area contributed by atoms with Gasteiger partial charge in [-0.05, 0) is 17.7 Å². The van der Waals surface area contributed by atoms with Crippen LogP contribution in [0.5, 0.6) is 0 Å². The van der Waals surface area contributed by atoms with Crippen molar-refractivity contribution in [1.29, 1.82) is 0 Å². The number of aliphatic imine (C=N–C) groups is 1. The van der Waals surface area contributed by atoms with E-state index in [0.29, 0.717) is 71.2 Å². The van der Waals surface area contributed by atoms with Gasteiger partial charge in [0.05, 0.1) is 37.4 Å². The first kappa shape index (κ1) is 32.8. The third-order valence-corrected chi connectivity index (χ3v) is 10.5. The van der Waals surface area contributed by atoms with E-state index in [1.165, 1.54) is 48.0 Å². The summed E-state index contributed by atoms with van der Waals surface area (Å²) in [6, 6.07) is 10.1. The van der Waals surface area contributed by atoms with Crippen LogP contribution in [-0.2, 0) is 20.7 Å². The maximum absolute atomic E-state index is 14.0. The zero-order chi connectivity index (χ0) is 34.2. The molecule has 2 N–H and O–H groups in total. The zero-order valence-electron chi connectivity index (χ0n) is 26.0. The predicted molar refractivity (Wildman–Crippen MR) is 184 cm³/mol. The number of hydrogen-bond donors (Lipinski definition) is 2. The number of piperazine rings is 1. The third kappa shape index (κ3) is 6.66. The van der Waals surface area contributed by atoms with Crippen LogP contribution < -0.4 is 10.2 Å². The lowest BCUT2D eigenvalue weighted by Crippen LogP contribution is -2.53. The fourth-order valence-electron chi connectivity index (χ4n) is 6.26. The lowest BCUT2D eigenvalue weighted by Gasteiger charge is -2.38. The lowest BCUT2D eigenvalue weighted by molar-refractivity contribution is -0.137. The summed E-state index contributed by atoms with van der Waals surface area (Å²) in [7, 11) is 1.30. The number of aliphatic carboxylic acids is 1. The molecule has 2 unspecified atom stereocenters. The number of rotatable bonds is 9. The van der Waals surface area contributed by atoms with E-state index in [2.05, 4.69) is 15.2 Å². The molecule has 3 aliphatic heterocycles. The van der Waals surface area contributed by atoms with Gasteiger partial charge in [-0.1, -0.05) is 41.9 Å². The van der Waals surface area contributed by atoms with E-state index < -0.39 is 23.8 Å². The molecule has 2 atom stereocenters. The standard InChI is InChI=1S/C33H29ClFN7O5S2/c1-47-31(45)27-24(37-29(30-36-8-11-48-30)39-28(27)22-7-6-20(35)13-23(22)34)16-40-9-10-41-21(14-40)15-42(33(41)46)32-38-25(17-49-32)19-4-2-18(3-5-19)12-26(43)44/h2-8,11,13,17,21,28H,9-10,12,14-16H2,1H3,(H,37,39)(H,43,44). The van der Waals surface area contributed by atoms with Crippen molar-refractivity contribution in [1.82, 2.24) is 25.1 Å². The minimum absolute atomic E-state index is 0.0553. The van der Waals surface area contributed by atoms with Crippen LogP contribution in [0.15, 0.2) is 75.7 Å². The van der Waals surface area contributed by atoms with Gasteiger partial charge in [0.1, 0.15) is 11.9 Å². The number of nitrogens with one attached hydrogen (secondary N) is 1. The molecule has 0 spiro atoms. The van der Waals surface area contributed by atoms with Crippen LogP contribution in [0.25, 0.3) is 11.3 Å². The summed E-state index contributed by atoms with van der Waals surface area (Å²) in [6.07, 6.45) is 1.61. The summed E-state index contributed by atoms with van der Waals surface area (Å²) in [5, 5.41) is 17.4. The number of nitrogens with zero attached hydrogens (tertiary/aromatic N) is 6. The van der Waals surface area contributed by atoms with Crippen LogP contribution in [0.4, 0.5) is 14.3 Å². The van der Waals surface area contributed by atoms with Crippen molar-refractivity contribution >= 4 is 63.2 Å². The Balaban J connectivity index is 1.11. The average Bonchev–Trinajstić information content (AvgIpc) is 3.86. The van der Waals surface area contributed by atoms with Crippen molar-refractivity contribution in [3.8, 4) is 11.3 Å². The Bertz CT molecular complexity index is 1980. The number of esters is 1. The van der Waals surface area contributed by atoms with Crippen molar-refractivity contribution in [2.45, 2.75) is 18.5 Å². The number of ether oxygens (including phenoxy) is 1. The molecule has 252 valence electrons. The number of urea groups is 1. The summed E-state index contributed by atoms with van der Waals surface area (Å²) in [4.78, 5) is 57.6. The van der Waals surface area contributed by atoms with E-state index >= 15 is 0 Å². The van der Waals surface area contributed by atoms with Crippen LogP contribution in [0.2, 0.25) is 5.02 Å². The second-order valence-corrected chi connectivity index (χ2v) is 13.8. The number of aromatic nitrogens is 2. The topological polar surface area (TPSA) is 141 Å². The van der Waals surface area contributed by atoms with Crippen molar-refractivity contribution < 1.29 is 28.6 Å². The normalized spacial score (nSPS) is 19.5. The number of thiazole rings is 2. The number of carboxylic acids is 1. The summed E-state index contributed by atoms with van der Waals surface area (Å²) in [6.45, 7) is 2.33. The molecule has 0 aliphatic carbocycles. The van der Waals surface area contributed by atoms with Gasteiger partial charge < -0.3 is 20.1 Å². The fraction of sp³-hybridized carbons (Fsp3) is 0.273. The van der Waals surface area contributed by atoms with Gasteiger partial charge in [-0.2, -0.15) is 0 Å². The van der Waals surface area contributed by atoms with Gasteiger partial charge in [-0.15, -0.1) is 22.7 Å². The molecule has 2 aromatic heterocycles. The monoisotopic (exact) mass is 721 g/mol. The third-order valence-electron chi connectivity index (χ3n) is 8.57. The first-order valence-electron chi connectivity index (χ1n) is 15.3. The van der Waals surface area contributed by atoms with Crippen LogP contribution in [-0.4, -0.2) is 94.6 Å². The highest BCUT2D eigenvalue weighted by molar-refractivity contribution is 7.14. The van der Waals surface area contributed by atoms with E-state index in [4.69, 9.17) is 31.4 Å². The molecule has 49 heavy (non-hydrogen) atoms. The highest BCUT2D eigenvalue weighted by atomic mass is 35.5. The molecule has 16 heteroatoms. The number of carbonyl (C=O) groups excluding carboxylic acids is 2. The highest BCUT2D eigenvalue weighted by Crippen LogP contribution is 2.38. The second kappa shape index (κ2) is 13.7. The number of halogens is 2. The molecule has 2 aromatic carbocycles. The van der Waals surface area contributed by atoms with Crippen molar-refractivity contribution in [3.63, 3.8) is 0 Å². The Morgan fingerprint density at radius 1 is 1.14 bits per heavy atom. The Hall–Kier alpha value is -4.70. The van der Waals surface area contributed by atoms with Gasteiger partial charge in [0.15, 0.2) is 16.0 Å². The van der Waals surface area contributed by atoms with Crippen LogP contribution in [0.1, 0.15) is 22.2 Å². The fourth-order valence-corrected chi connectivity index (χ4v) is 7.95. The first-order valence-corrected chi connectivity index (χ1v) is 17.4. The quantitative estimate of drug-likeness (QED) is 0.233. The second-order valence-electron chi connectivity index (χ2n) is 11.7. The molecule has 2 fully saturated rings. The summed E-state index contributed by atoms with van der Waals surface area (Å²) < 4.78 is 19.2. The smallest absolute Gasteiger partial charge is 0.338 e. The van der Waals surface area contributed by atoms with Gasteiger partial charge in [0, 0.05) is 65.0 Å². The van der Waals surface area contributed by atoms with Gasteiger partial charge in [0.2, 0.25) is 0 Å². The number of hydrogen-bond acceptors (Lipinski definition) is 11. The molecule has 7 rings (SSSR count). The largest absolute Gasteiger partial charge is 0.481 e. The minimum atomic E-state index is -0.893. The molecule has 4 aromatic rings. The van der Waals surface area contributed by atoms with E-state index in [0.717, 1.165) is 5.56 Å². The molecule has 5 heterocycles. The number of fused-ring (bicyclic) bond motifs is 1. The van der Waals surface area contributed by atoms with Crippen molar-refractivity contribution in [2.75, 3.05) is 44.7 Å². The van der Waals surface area contributed by atoms with Crippen molar-refractivity contribution in [3.05, 3.63) is 97.7 Å². The number of methoxy groups -OCH3 is 1. The predicted octanol–water partition coefficient (Wildman–Crippen LogP) is 4.83. The SMILES string of the molecule is COC(=O)C1=C(CN2CCN3C(=O)N(c4nc(-c5ccc(CC(=O)O)cc5)cs4)CC3C2)NC(c2nccs2)=NC1c1ccc(F)cc1Cl. The molecule has 0 saturated carbocycles. The highest BCUT2D eigenvalue weighted by Gasteiger charge is 2.43. The maximum Gasteiger partial charge on any atom is 0.338 e. The number of anilines is 1. The Kier molecular flexibility index (Phi) is 9.15. The van der Waals surface area contributed by atoms with Crippen molar-refractivity contribution in [2.24, 2.45) is 4.99 Å². The minimum Gasteiger partial charge on any atom is -0.481 e. The van der Waals surface area contributed by atoms with E-state index in [1.807, 2.05) is 27.8 Å². The van der Waals surface area contributed by atoms with Gasteiger partial charge in [0.25, 0.3) is 0 Å². The molecular formula is C33H29ClFN7O5S2. The molecular weight excluding hydrogens is 693 g/mol. The number of carboxylic acid groups (broad SMARTS) is 1. The number of benzene rings is 2. The Labute approximate surface area is 293 Å². The van der Waals surface area contributed by atoms with Crippen LogP contribution >= 0.6 is 34.3 Å². The average molecular weight is 722 g/mol. The van der Waals surface area contributed by atoms with Crippen LogP contribution in [0, 0.1) is 5.82 Å². The summed E-state index contributed by atoms with van der Waals surface area (Å²) in [5.74, 6) is -1.53. The Morgan fingerprint density at radius 3 is 2.67 bits per heavy atom. The van der Waals surface area contributed by atoms with E-state index in [9.17, 15) is 18.8 Å². The van der Waals surface area contributed by atoms with Gasteiger partial charge in [-0.25, -0.2) is 23.9 Å². The van der Waals surface area contributed by atoms with Crippen LogP contribution in [0.3, 0.4) is 0 Å². The number of amides is 2. The van der Waals surface area contributed by atoms with E-state index in [1.54, 1.807) is 23.2 Å². The van der Waals surface area contributed by atoms with Gasteiger partial charge in [-0.3, -0.25) is 19.6 Å². The van der Waals surface area contributed by atoms with Gasteiger partial charge >= 0.3 is 18.0 Å². The molecule has 0 radical (unpaired) electrons. The molecule has 2 saturated heterocycles. The maximum atomic E-state index is 14.0. The molecule has 2 amide bonds. The van der Waals surface area contributed by atoms with E-state index in [-0.39, 0.29) is 29.1 Å². The summed E-state index contributed by atoms with van der Waals surface area (Å²) in [5.41, 5.74) is 3.52. The Morgan fingerprint density at radius 2 is 1.96 bits per heavy atom. The first-order chi connectivity index (χ1) is 23.7. The molecule has 3 aliphatic rings. The number of carbonyl (C=O) groups is 3. The number of amidine groups is 1.